The Morgan fingerprint density at radius 2 is 1.45 bits per heavy atom. The van der Waals surface area contributed by atoms with Crippen LogP contribution >= 0.6 is 0 Å². The van der Waals surface area contributed by atoms with Crippen LogP contribution in [0.5, 0.6) is 0 Å². The van der Waals surface area contributed by atoms with Gasteiger partial charge in [-0.25, -0.2) is 0 Å². The Morgan fingerprint density at radius 1 is 0.900 bits per heavy atom. The third kappa shape index (κ3) is 4.47. The van der Waals surface area contributed by atoms with Crippen molar-refractivity contribution in [2.75, 3.05) is 13.1 Å². The van der Waals surface area contributed by atoms with Crippen LogP contribution in [0.3, 0.4) is 0 Å². The average molecular weight is 280 g/mol. The van der Waals surface area contributed by atoms with Gasteiger partial charge in [-0.1, -0.05) is 44.9 Å². The number of carbonyl (C=O) groups excluding carboxylic acids is 1. The van der Waals surface area contributed by atoms with E-state index in [1.165, 1.54) is 57.8 Å². The van der Waals surface area contributed by atoms with E-state index < -0.39 is 0 Å². The lowest BCUT2D eigenvalue weighted by Crippen LogP contribution is -2.45. The fraction of sp³-hybridized carbons (Fsp3) is 0.941. The summed E-state index contributed by atoms with van der Waals surface area (Å²) in [6.45, 7) is 1.58. The van der Waals surface area contributed by atoms with Crippen LogP contribution in [0.1, 0.15) is 77.0 Å². The molecule has 1 amide bonds. The molecule has 2 aliphatic carbocycles. The van der Waals surface area contributed by atoms with Gasteiger partial charge in [-0.05, 0) is 38.6 Å². The predicted molar refractivity (Wildman–Crippen MR) is 83.4 cm³/mol. The molecule has 0 radical (unpaired) electrons. The first-order valence-electron chi connectivity index (χ1n) is 8.83. The second kappa shape index (κ2) is 8.66. The summed E-state index contributed by atoms with van der Waals surface area (Å²) >= 11 is 0. The first kappa shape index (κ1) is 15.8. The highest BCUT2D eigenvalue weighted by molar-refractivity contribution is 5.79. The summed E-state index contributed by atoms with van der Waals surface area (Å²) in [5.41, 5.74) is 5.68. The van der Waals surface area contributed by atoms with E-state index >= 15 is 0 Å². The minimum atomic E-state index is 0.310. The van der Waals surface area contributed by atoms with Crippen molar-refractivity contribution in [3.8, 4) is 0 Å². The van der Waals surface area contributed by atoms with Crippen LogP contribution < -0.4 is 5.73 Å². The Balaban J connectivity index is 1.98. The van der Waals surface area contributed by atoms with E-state index in [9.17, 15) is 4.79 Å². The zero-order valence-corrected chi connectivity index (χ0v) is 13.0. The maximum Gasteiger partial charge on any atom is 0.225 e. The molecule has 2 rings (SSSR count). The summed E-state index contributed by atoms with van der Waals surface area (Å²) in [6.07, 6.45) is 14.7. The van der Waals surface area contributed by atoms with Crippen molar-refractivity contribution in [3.63, 3.8) is 0 Å². The Kier molecular flexibility index (Phi) is 6.85. The van der Waals surface area contributed by atoms with E-state index in [4.69, 9.17) is 5.73 Å². The molecule has 0 aliphatic heterocycles. The van der Waals surface area contributed by atoms with Crippen LogP contribution in [0.2, 0.25) is 0 Å². The molecule has 0 atom stereocenters. The molecule has 0 aromatic carbocycles. The van der Waals surface area contributed by atoms with Crippen LogP contribution in [0, 0.1) is 5.92 Å². The van der Waals surface area contributed by atoms with Crippen molar-refractivity contribution in [2.24, 2.45) is 11.7 Å². The zero-order valence-electron chi connectivity index (χ0n) is 13.0. The van der Waals surface area contributed by atoms with Crippen LogP contribution in [0.15, 0.2) is 0 Å². The van der Waals surface area contributed by atoms with Crippen molar-refractivity contribution in [1.29, 1.82) is 0 Å². The summed E-state index contributed by atoms with van der Waals surface area (Å²) < 4.78 is 0. The van der Waals surface area contributed by atoms with Gasteiger partial charge in [-0.3, -0.25) is 4.79 Å². The van der Waals surface area contributed by atoms with E-state index in [2.05, 4.69) is 4.90 Å². The van der Waals surface area contributed by atoms with Crippen molar-refractivity contribution in [3.05, 3.63) is 0 Å². The molecule has 2 saturated carbocycles. The van der Waals surface area contributed by atoms with Gasteiger partial charge in [0.05, 0.1) is 0 Å². The third-order valence-electron chi connectivity index (χ3n) is 5.11. The van der Waals surface area contributed by atoms with Gasteiger partial charge in [-0.15, -0.1) is 0 Å². The average Bonchev–Trinajstić information content (AvgIpc) is 2.77. The largest absolute Gasteiger partial charge is 0.339 e. The predicted octanol–water partition coefficient (Wildman–Crippen LogP) is 3.47. The molecule has 0 unspecified atom stereocenters. The summed E-state index contributed by atoms with van der Waals surface area (Å²) in [5, 5.41) is 0. The van der Waals surface area contributed by atoms with Gasteiger partial charge >= 0.3 is 0 Å². The molecule has 0 spiro atoms. The molecule has 2 fully saturated rings. The van der Waals surface area contributed by atoms with Gasteiger partial charge in [0.15, 0.2) is 0 Å². The van der Waals surface area contributed by atoms with Crippen LogP contribution in [-0.2, 0) is 4.79 Å². The van der Waals surface area contributed by atoms with Gasteiger partial charge in [-0.2, -0.15) is 0 Å². The zero-order chi connectivity index (χ0) is 14.2. The third-order valence-corrected chi connectivity index (χ3v) is 5.11. The van der Waals surface area contributed by atoms with Crippen LogP contribution in [0.25, 0.3) is 0 Å². The quantitative estimate of drug-likeness (QED) is 0.784. The molecule has 116 valence electrons. The van der Waals surface area contributed by atoms with E-state index in [-0.39, 0.29) is 0 Å². The van der Waals surface area contributed by atoms with Crippen molar-refractivity contribution in [2.45, 2.75) is 83.1 Å². The lowest BCUT2D eigenvalue weighted by Gasteiger charge is -2.35. The van der Waals surface area contributed by atoms with Gasteiger partial charge < -0.3 is 10.6 Å². The fourth-order valence-corrected chi connectivity index (χ4v) is 3.89. The smallest absolute Gasteiger partial charge is 0.225 e. The maximum absolute atomic E-state index is 12.9. The first-order valence-corrected chi connectivity index (χ1v) is 8.83. The Morgan fingerprint density at radius 3 is 2.05 bits per heavy atom. The number of carbonyl (C=O) groups is 1. The van der Waals surface area contributed by atoms with Gasteiger partial charge in [0.25, 0.3) is 0 Å². The number of amides is 1. The fourth-order valence-electron chi connectivity index (χ4n) is 3.89. The summed E-state index contributed by atoms with van der Waals surface area (Å²) in [6, 6.07) is 0.499. The summed E-state index contributed by atoms with van der Waals surface area (Å²) in [7, 11) is 0. The minimum absolute atomic E-state index is 0.310. The molecule has 0 aromatic rings. The van der Waals surface area contributed by atoms with E-state index in [1.54, 1.807) is 0 Å². The Bertz CT molecular complexity index is 279. The molecule has 2 N–H and O–H groups in total. The lowest BCUT2D eigenvalue weighted by atomic mass is 9.87. The summed E-state index contributed by atoms with van der Waals surface area (Å²) in [5.74, 6) is 0.759. The first-order chi connectivity index (χ1) is 9.83. The van der Waals surface area contributed by atoms with Crippen LogP contribution in [0.4, 0.5) is 0 Å². The number of hydrogen-bond donors (Lipinski definition) is 1. The number of nitrogens with two attached hydrogens (primary N) is 1. The van der Waals surface area contributed by atoms with Crippen molar-refractivity contribution >= 4 is 5.91 Å². The highest BCUT2D eigenvalue weighted by atomic mass is 16.2. The molecule has 20 heavy (non-hydrogen) atoms. The van der Waals surface area contributed by atoms with Gasteiger partial charge in [0.1, 0.15) is 0 Å². The van der Waals surface area contributed by atoms with E-state index in [1.807, 2.05) is 0 Å². The second-order valence-corrected chi connectivity index (χ2v) is 6.65. The SMILES string of the molecule is NCCCN(C(=O)C1CCCCC1)C1CCCCCC1. The Hall–Kier alpha value is -0.570. The molecule has 0 aromatic heterocycles. The Labute approximate surface area is 124 Å². The molecular formula is C17H32N2O. The molecular weight excluding hydrogens is 248 g/mol. The molecule has 3 nitrogen and oxygen atoms in total. The normalized spacial score (nSPS) is 22.4. The van der Waals surface area contributed by atoms with Gasteiger partial charge in [0.2, 0.25) is 5.91 Å². The molecule has 0 heterocycles. The number of rotatable bonds is 5. The monoisotopic (exact) mass is 280 g/mol. The van der Waals surface area contributed by atoms with E-state index in [0.29, 0.717) is 24.4 Å². The highest BCUT2D eigenvalue weighted by Crippen LogP contribution is 2.29. The number of nitrogens with zero attached hydrogens (tertiary/aromatic N) is 1. The highest BCUT2D eigenvalue weighted by Gasteiger charge is 2.30. The van der Waals surface area contributed by atoms with Crippen molar-refractivity contribution in [1.82, 2.24) is 4.90 Å². The molecule has 3 heteroatoms. The van der Waals surface area contributed by atoms with Gasteiger partial charge in [0, 0.05) is 18.5 Å². The van der Waals surface area contributed by atoms with Crippen LogP contribution in [-0.4, -0.2) is 29.9 Å². The molecule has 0 bridgehead atoms. The van der Waals surface area contributed by atoms with Crippen molar-refractivity contribution < 1.29 is 4.79 Å². The summed E-state index contributed by atoms with van der Waals surface area (Å²) in [4.78, 5) is 15.1. The standard InChI is InChI=1S/C17H32N2O/c18-13-8-14-19(16-11-6-1-2-7-12-16)17(20)15-9-4-3-5-10-15/h15-16H,1-14,18H2. The molecule has 0 saturated heterocycles. The number of hydrogen-bond acceptors (Lipinski definition) is 2. The topological polar surface area (TPSA) is 46.3 Å². The van der Waals surface area contributed by atoms with E-state index in [0.717, 1.165) is 25.8 Å². The lowest BCUT2D eigenvalue weighted by molar-refractivity contribution is -0.139. The maximum atomic E-state index is 12.9. The minimum Gasteiger partial charge on any atom is -0.339 e. The molecule has 2 aliphatic rings. The second-order valence-electron chi connectivity index (χ2n) is 6.65.